The fraction of sp³-hybridized carbons (Fsp3) is 0.900. The van der Waals surface area contributed by atoms with Crippen LogP contribution in [0.25, 0.3) is 0 Å². The SMILES string of the molecule is NCCNC1C2CCC(C2)C1C(=O)O. The number of carboxylic acid groups (broad SMARTS) is 1. The van der Waals surface area contributed by atoms with Gasteiger partial charge in [0.15, 0.2) is 0 Å². The maximum Gasteiger partial charge on any atom is 0.308 e. The molecule has 4 nitrogen and oxygen atoms in total. The Morgan fingerprint density at radius 3 is 2.79 bits per heavy atom. The van der Waals surface area contributed by atoms with Crippen LogP contribution in [-0.2, 0) is 4.79 Å². The number of hydrogen-bond donors (Lipinski definition) is 3. The Kier molecular flexibility index (Phi) is 2.74. The van der Waals surface area contributed by atoms with Gasteiger partial charge < -0.3 is 16.2 Å². The number of nitrogens with one attached hydrogen (secondary N) is 1. The highest BCUT2D eigenvalue weighted by Crippen LogP contribution is 2.48. The van der Waals surface area contributed by atoms with E-state index in [4.69, 9.17) is 10.8 Å². The molecule has 0 aromatic carbocycles. The summed E-state index contributed by atoms with van der Waals surface area (Å²) >= 11 is 0. The summed E-state index contributed by atoms with van der Waals surface area (Å²) < 4.78 is 0. The monoisotopic (exact) mass is 198 g/mol. The van der Waals surface area contributed by atoms with E-state index >= 15 is 0 Å². The summed E-state index contributed by atoms with van der Waals surface area (Å²) in [6, 6.07) is 0.176. The number of carboxylic acids is 1. The van der Waals surface area contributed by atoms with Gasteiger partial charge in [-0.2, -0.15) is 0 Å². The Labute approximate surface area is 83.9 Å². The van der Waals surface area contributed by atoms with Crippen LogP contribution in [0.5, 0.6) is 0 Å². The van der Waals surface area contributed by atoms with Crippen molar-refractivity contribution in [1.29, 1.82) is 0 Å². The first-order valence-electron chi connectivity index (χ1n) is 5.40. The molecular formula is C10H18N2O2. The van der Waals surface area contributed by atoms with E-state index in [1.807, 2.05) is 0 Å². The zero-order valence-electron chi connectivity index (χ0n) is 8.28. The lowest BCUT2D eigenvalue weighted by molar-refractivity contribution is -0.144. The van der Waals surface area contributed by atoms with Crippen LogP contribution in [0.2, 0.25) is 0 Å². The summed E-state index contributed by atoms with van der Waals surface area (Å²) in [4.78, 5) is 11.1. The molecular weight excluding hydrogens is 180 g/mol. The van der Waals surface area contributed by atoms with E-state index in [2.05, 4.69) is 5.32 Å². The van der Waals surface area contributed by atoms with Gasteiger partial charge in [-0.15, -0.1) is 0 Å². The molecule has 0 saturated heterocycles. The number of rotatable bonds is 4. The number of carbonyl (C=O) groups is 1. The van der Waals surface area contributed by atoms with Gasteiger partial charge in [0, 0.05) is 19.1 Å². The first-order chi connectivity index (χ1) is 6.74. The zero-order chi connectivity index (χ0) is 10.1. The number of fused-ring (bicyclic) bond motifs is 2. The van der Waals surface area contributed by atoms with Crippen molar-refractivity contribution in [2.24, 2.45) is 23.5 Å². The van der Waals surface area contributed by atoms with Crippen LogP contribution in [0.3, 0.4) is 0 Å². The molecule has 0 heterocycles. The van der Waals surface area contributed by atoms with Gasteiger partial charge in [-0.1, -0.05) is 0 Å². The molecule has 2 saturated carbocycles. The maximum absolute atomic E-state index is 11.1. The summed E-state index contributed by atoms with van der Waals surface area (Å²) in [7, 11) is 0. The molecule has 0 aromatic rings. The normalized spacial score (nSPS) is 40.4. The molecule has 4 atom stereocenters. The maximum atomic E-state index is 11.1. The van der Waals surface area contributed by atoms with Crippen molar-refractivity contribution in [3.05, 3.63) is 0 Å². The Morgan fingerprint density at radius 1 is 1.43 bits per heavy atom. The molecule has 2 aliphatic rings. The van der Waals surface area contributed by atoms with Crippen molar-refractivity contribution in [2.45, 2.75) is 25.3 Å². The van der Waals surface area contributed by atoms with Gasteiger partial charge in [0.1, 0.15) is 0 Å². The Balaban J connectivity index is 2.02. The third-order valence-electron chi connectivity index (χ3n) is 3.73. The lowest BCUT2D eigenvalue weighted by Crippen LogP contribution is -2.45. The van der Waals surface area contributed by atoms with Crippen molar-refractivity contribution in [3.8, 4) is 0 Å². The number of hydrogen-bond acceptors (Lipinski definition) is 3. The summed E-state index contributed by atoms with van der Waals surface area (Å²) in [6.45, 7) is 1.32. The zero-order valence-corrected chi connectivity index (χ0v) is 8.28. The van der Waals surface area contributed by atoms with Crippen LogP contribution in [0, 0.1) is 17.8 Å². The largest absolute Gasteiger partial charge is 0.481 e. The molecule has 0 aromatic heterocycles. The van der Waals surface area contributed by atoms with Gasteiger partial charge in [0.25, 0.3) is 0 Å². The second-order valence-electron chi connectivity index (χ2n) is 4.47. The molecule has 2 rings (SSSR count). The van der Waals surface area contributed by atoms with Crippen molar-refractivity contribution in [1.82, 2.24) is 5.32 Å². The molecule has 80 valence electrons. The van der Waals surface area contributed by atoms with Crippen molar-refractivity contribution < 1.29 is 9.90 Å². The van der Waals surface area contributed by atoms with Gasteiger partial charge in [0.2, 0.25) is 0 Å². The smallest absolute Gasteiger partial charge is 0.308 e. The van der Waals surface area contributed by atoms with E-state index in [9.17, 15) is 4.79 Å². The number of aliphatic carboxylic acids is 1. The Hall–Kier alpha value is -0.610. The molecule has 0 amide bonds. The lowest BCUT2D eigenvalue weighted by Gasteiger charge is -2.28. The molecule has 2 fully saturated rings. The standard InChI is InChI=1S/C10H18N2O2/c11-3-4-12-9-7-2-1-6(5-7)8(9)10(13)14/h6-9,12H,1-5,11H2,(H,13,14). The van der Waals surface area contributed by atoms with Crippen molar-refractivity contribution in [3.63, 3.8) is 0 Å². The van der Waals surface area contributed by atoms with Crippen molar-refractivity contribution in [2.75, 3.05) is 13.1 Å². The highest BCUT2D eigenvalue weighted by atomic mass is 16.4. The van der Waals surface area contributed by atoms with E-state index < -0.39 is 5.97 Å². The highest BCUT2D eigenvalue weighted by molar-refractivity contribution is 5.72. The van der Waals surface area contributed by atoms with Crippen LogP contribution in [0.1, 0.15) is 19.3 Å². The first-order valence-corrected chi connectivity index (χ1v) is 5.40. The van der Waals surface area contributed by atoms with Gasteiger partial charge in [-0.25, -0.2) is 0 Å². The quantitative estimate of drug-likeness (QED) is 0.596. The average Bonchev–Trinajstić information content (AvgIpc) is 2.72. The molecule has 2 bridgehead atoms. The minimum absolute atomic E-state index is 0.166. The summed E-state index contributed by atoms with van der Waals surface area (Å²) in [6.07, 6.45) is 3.39. The van der Waals surface area contributed by atoms with Crippen LogP contribution in [-0.4, -0.2) is 30.2 Å². The Morgan fingerprint density at radius 2 is 2.14 bits per heavy atom. The highest BCUT2D eigenvalue weighted by Gasteiger charge is 2.50. The molecule has 0 aliphatic heterocycles. The molecule has 4 unspecified atom stereocenters. The van der Waals surface area contributed by atoms with Gasteiger partial charge in [-0.05, 0) is 31.1 Å². The third-order valence-corrected chi connectivity index (χ3v) is 3.73. The predicted octanol–water partition coefficient (Wildman–Crippen LogP) is 0.0340. The fourth-order valence-electron chi connectivity index (χ4n) is 3.19. The van der Waals surface area contributed by atoms with Gasteiger partial charge in [0.05, 0.1) is 5.92 Å². The van der Waals surface area contributed by atoms with Crippen molar-refractivity contribution >= 4 is 5.97 Å². The van der Waals surface area contributed by atoms with E-state index in [0.717, 1.165) is 19.4 Å². The van der Waals surface area contributed by atoms with Crippen LogP contribution >= 0.6 is 0 Å². The average molecular weight is 198 g/mol. The topological polar surface area (TPSA) is 75.3 Å². The van der Waals surface area contributed by atoms with Gasteiger partial charge in [-0.3, -0.25) is 4.79 Å². The second-order valence-corrected chi connectivity index (χ2v) is 4.47. The number of nitrogens with two attached hydrogens (primary N) is 1. The predicted molar refractivity (Wildman–Crippen MR) is 52.8 cm³/mol. The van der Waals surface area contributed by atoms with Crippen LogP contribution < -0.4 is 11.1 Å². The minimum atomic E-state index is -0.633. The lowest BCUT2D eigenvalue weighted by atomic mass is 9.84. The summed E-state index contributed by atoms with van der Waals surface area (Å²) in [5.74, 6) is 0.187. The minimum Gasteiger partial charge on any atom is -0.481 e. The molecule has 0 spiro atoms. The first kappa shape index (κ1) is 9.93. The van der Waals surface area contributed by atoms with E-state index in [-0.39, 0.29) is 12.0 Å². The fourth-order valence-corrected chi connectivity index (χ4v) is 3.19. The molecule has 4 N–H and O–H groups in total. The van der Waals surface area contributed by atoms with E-state index in [1.54, 1.807) is 0 Å². The van der Waals surface area contributed by atoms with E-state index in [0.29, 0.717) is 18.4 Å². The third kappa shape index (κ3) is 1.53. The summed E-state index contributed by atoms with van der Waals surface area (Å²) in [5, 5.41) is 12.4. The molecule has 4 heteroatoms. The van der Waals surface area contributed by atoms with E-state index in [1.165, 1.54) is 6.42 Å². The second kappa shape index (κ2) is 3.87. The van der Waals surface area contributed by atoms with Crippen LogP contribution in [0.4, 0.5) is 0 Å². The Bertz CT molecular complexity index is 232. The summed E-state index contributed by atoms with van der Waals surface area (Å²) in [5.41, 5.74) is 5.42. The van der Waals surface area contributed by atoms with Crippen LogP contribution in [0.15, 0.2) is 0 Å². The molecule has 14 heavy (non-hydrogen) atoms. The molecule has 0 radical (unpaired) electrons. The van der Waals surface area contributed by atoms with Gasteiger partial charge >= 0.3 is 5.97 Å². The molecule has 2 aliphatic carbocycles.